The number of hydrogen-bond donors (Lipinski definition) is 2. The molecular weight excluding hydrogens is 415 g/mol. The summed E-state index contributed by atoms with van der Waals surface area (Å²) in [6, 6.07) is 7.70. The monoisotopic (exact) mass is 438 g/mol. The van der Waals surface area contributed by atoms with E-state index in [0.717, 1.165) is 12.1 Å². The standard InChI is InChI=1S/C15H23ClN4O.HI/c1-5-17-15(18-10-14(21)20(3)4)19-11(2)12-7-6-8-13(16)9-12;/h6-9,11H,5,10H2,1-4H3,(H2,17,18,19);1H. The molecule has 0 radical (unpaired) electrons. The van der Waals surface area contributed by atoms with E-state index >= 15 is 0 Å². The highest BCUT2D eigenvalue weighted by molar-refractivity contribution is 14.0. The molecule has 1 unspecified atom stereocenters. The molecule has 0 bridgehead atoms. The number of amides is 1. The van der Waals surface area contributed by atoms with Crippen molar-refractivity contribution < 1.29 is 4.79 Å². The Morgan fingerprint density at radius 1 is 1.41 bits per heavy atom. The molecule has 0 aliphatic heterocycles. The molecule has 5 nitrogen and oxygen atoms in total. The zero-order chi connectivity index (χ0) is 15.8. The van der Waals surface area contributed by atoms with Crippen LogP contribution in [0.3, 0.4) is 0 Å². The average molecular weight is 439 g/mol. The number of guanidine groups is 1. The number of carbonyl (C=O) groups excluding carboxylic acids is 1. The van der Waals surface area contributed by atoms with Crippen LogP contribution in [0.15, 0.2) is 29.3 Å². The van der Waals surface area contributed by atoms with Crippen molar-refractivity contribution in [3.8, 4) is 0 Å². The van der Waals surface area contributed by atoms with Gasteiger partial charge in [0.25, 0.3) is 0 Å². The minimum atomic E-state index is -0.0392. The molecule has 2 N–H and O–H groups in total. The van der Waals surface area contributed by atoms with Crippen LogP contribution in [0.1, 0.15) is 25.5 Å². The quantitative estimate of drug-likeness (QED) is 0.422. The molecule has 1 aromatic rings. The van der Waals surface area contributed by atoms with E-state index in [-0.39, 0.29) is 42.5 Å². The van der Waals surface area contributed by atoms with Gasteiger partial charge in [-0.1, -0.05) is 23.7 Å². The highest BCUT2D eigenvalue weighted by Crippen LogP contribution is 2.17. The van der Waals surface area contributed by atoms with Crippen LogP contribution in [-0.4, -0.2) is 44.0 Å². The number of nitrogens with zero attached hydrogens (tertiary/aromatic N) is 2. The van der Waals surface area contributed by atoms with E-state index in [1.54, 1.807) is 14.1 Å². The minimum Gasteiger partial charge on any atom is -0.357 e. The third kappa shape index (κ3) is 7.31. The lowest BCUT2D eigenvalue weighted by atomic mass is 10.1. The number of aliphatic imine (C=N–C) groups is 1. The first-order chi connectivity index (χ1) is 9.93. The molecule has 124 valence electrons. The molecular formula is C15H24ClIN4O. The van der Waals surface area contributed by atoms with Crippen LogP contribution < -0.4 is 10.6 Å². The van der Waals surface area contributed by atoms with Crippen molar-refractivity contribution in [2.45, 2.75) is 19.9 Å². The summed E-state index contributed by atoms with van der Waals surface area (Å²) in [5.74, 6) is 0.572. The second kappa shape index (κ2) is 10.7. The van der Waals surface area contributed by atoms with Crippen LogP contribution in [0.25, 0.3) is 0 Å². The third-order valence-electron chi connectivity index (χ3n) is 2.92. The molecule has 0 aliphatic rings. The molecule has 1 rings (SSSR count). The largest absolute Gasteiger partial charge is 0.357 e. The van der Waals surface area contributed by atoms with E-state index < -0.39 is 0 Å². The van der Waals surface area contributed by atoms with Crippen molar-refractivity contribution in [2.75, 3.05) is 27.2 Å². The second-order valence-electron chi connectivity index (χ2n) is 4.90. The second-order valence-corrected chi connectivity index (χ2v) is 5.34. The maximum absolute atomic E-state index is 11.6. The van der Waals surface area contributed by atoms with Gasteiger partial charge in [-0.25, -0.2) is 4.99 Å². The number of carbonyl (C=O) groups is 1. The maximum Gasteiger partial charge on any atom is 0.243 e. The molecule has 0 aromatic heterocycles. The molecule has 7 heteroatoms. The van der Waals surface area contributed by atoms with E-state index in [2.05, 4.69) is 15.6 Å². The third-order valence-corrected chi connectivity index (χ3v) is 3.15. The Labute approximate surface area is 154 Å². The molecule has 1 atom stereocenters. The predicted octanol–water partition coefficient (Wildman–Crippen LogP) is 2.66. The van der Waals surface area contributed by atoms with E-state index in [0.29, 0.717) is 11.0 Å². The number of hydrogen-bond acceptors (Lipinski definition) is 2. The average Bonchev–Trinajstić information content (AvgIpc) is 2.44. The van der Waals surface area contributed by atoms with Crippen LogP contribution in [0.5, 0.6) is 0 Å². The summed E-state index contributed by atoms with van der Waals surface area (Å²) in [4.78, 5) is 17.4. The summed E-state index contributed by atoms with van der Waals surface area (Å²) < 4.78 is 0. The van der Waals surface area contributed by atoms with Gasteiger partial charge in [0.15, 0.2) is 5.96 Å². The van der Waals surface area contributed by atoms with E-state index in [9.17, 15) is 4.79 Å². The lowest BCUT2D eigenvalue weighted by Crippen LogP contribution is -2.39. The van der Waals surface area contributed by atoms with Gasteiger partial charge < -0.3 is 15.5 Å². The summed E-state index contributed by atoms with van der Waals surface area (Å²) in [5, 5.41) is 7.09. The highest BCUT2D eigenvalue weighted by atomic mass is 127. The fraction of sp³-hybridized carbons (Fsp3) is 0.467. The number of rotatable bonds is 5. The molecule has 0 spiro atoms. The SMILES string of the molecule is CCNC(=NCC(=O)N(C)C)NC(C)c1cccc(Cl)c1.I. The molecule has 0 saturated heterocycles. The minimum absolute atomic E-state index is 0. The van der Waals surface area contributed by atoms with Crippen molar-refractivity contribution in [3.63, 3.8) is 0 Å². The smallest absolute Gasteiger partial charge is 0.243 e. The van der Waals surface area contributed by atoms with Gasteiger partial charge in [0.1, 0.15) is 6.54 Å². The number of likely N-dealkylation sites (N-methyl/N-ethyl adjacent to an activating group) is 1. The zero-order valence-corrected chi connectivity index (χ0v) is 16.5. The molecule has 0 aliphatic carbocycles. The van der Waals surface area contributed by atoms with Crippen LogP contribution in [0, 0.1) is 0 Å². The first-order valence-electron chi connectivity index (χ1n) is 6.94. The highest BCUT2D eigenvalue weighted by Gasteiger charge is 2.09. The van der Waals surface area contributed by atoms with Crippen molar-refractivity contribution >= 4 is 47.4 Å². The number of halogens is 2. The van der Waals surface area contributed by atoms with Crippen LogP contribution in [0.4, 0.5) is 0 Å². The maximum atomic E-state index is 11.6. The van der Waals surface area contributed by atoms with Gasteiger partial charge in [-0.05, 0) is 31.5 Å². The van der Waals surface area contributed by atoms with Crippen molar-refractivity contribution in [2.24, 2.45) is 4.99 Å². The summed E-state index contributed by atoms with van der Waals surface area (Å²) in [7, 11) is 3.43. The van der Waals surface area contributed by atoms with Crippen molar-refractivity contribution in [1.29, 1.82) is 0 Å². The molecule has 1 aromatic carbocycles. The first kappa shape index (κ1) is 21.0. The fourth-order valence-electron chi connectivity index (χ4n) is 1.67. The topological polar surface area (TPSA) is 56.7 Å². The molecule has 1 amide bonds. The fourth-order valence-corrected chi connectivity index (χ4v) is 1.87. The van der Waals surface area contributed by atoms with Gasteiger partial charge in [-0.3, -0.25) is 4.79 Å². The molecule has 0 saturated carbocycles. The number of nitrogens with one attached hydrogen (secondary N) is 2. The summed E-state index contributed by atoms with van der Waals surface area (Å²) >= 11 is 6.00. The van der Waals surface area contributed by atoms with Crippen LogP contribution in [0.2, 0.25) is 5.02 Å². The van der Waals surface area contributed by atoms with Gasteiger partial charge in [-0.15, -0.1) is 24.0 Å². The number of benzene rings is 1. The zero-order valence-electron chi connectivity index (χ0n) is 13.4. The van der Waals surface area contributed by atoms with Crippen molar-refractivity contribution in [3.05, 3.63) is 34.9 Å². The summed E-state index contributed by atoms with van der Waals surface area (Å²) in [6.07, 6.45) is 0. The summed E-state index contributed by atoms with van der Waals surface area (Å²) in [6.45, 7) is 4.84. The summed E-state index contributed by atoms with van der Waals surface area (Å²) in [5.41, 5.74) is 1.06. The predicted molar refractivity (Wildman–Crippen MR) is 103 cm³/mol. The van der Waals surface area contributed by atoms with E-state index in [4.69, 9.17) is 11.6 Å². The Balaban J connectivity index is 0.00000441. The van der Waals surface area contributed by atoms with Gasteiger partial charge in [-0.2, -0.15) is 0 Å². The molecule has 0 fully saturated rings. The van der Waals surface area contributed by atoms with Gasteiger partial charge in [0.2, 0.25) is 5.91 Å². The van der Waals surface area contributed by atoms with Gasteiger partial charge in [0.05, 0.1) is 6.04 Å². The van der Waals surface area contributed by atoms with Crippen LogP contribution >= 0.6 is 35.6 Å². The van der Waals surface area contributed by atoms with E-state index in [1.807, 2.05) is 38.1 Å². The Morgan fingerprint density at radius 2 is 2.09 bits per heavy atom. The Kier molecular flexibility index (Phi) is 10.2. The molecule has 22 heavy (non-hydrogen) atoms. The lowest BCUT2D eigenvalue weighted by Gasteiger charge is -2.18. The molecule has 0 heterocycles. The normalized spacial score (nSPS) is 12.1. The first-order valence-corrected chi connectivity index (χ1v) is 7.32. The Morgan fingerprint density at radius 3 is 2.64 bits per heavy atom. The Bertz CT molecular complexity index is 508. The van der Waals surface area contributed by atoms with E-state index in [1.165, 1.54) is 4.90 Å². The van der Waals surface area contributed by atoms with Crippen LogP contribution in [-0.2, 0) is 4.79 Å². The Hall–Kier alpha value is -1.02. The van der Waals surface area contributed by atoms with Gasteiger partial charge in [0, 0.05) is 25.7 Å². The van der Waals surface area contributed by atoms with Gasteiger partial charge >= 0.3 is 0 Å². The van der Waals surface area contributed by atoms with Crippen molar-refractivity contribution in [1.82, 2.24) is 15.5 Å². The lowest BCUT2D eigenvalue weighted by molar-refractivity contribution is -0.127.